The van der Waals surface area contributed by atoms with E-state index >= 15 is 0 Å². The fourth-order valence-corrected chi connectivity index (χ4v) is 1.56. The average Bonchev–Trinajstić information content (AvgIpc) is 2.89. The maximum atomic E-state index is 12.8. The van der Waals surface area contributed by atoms with E-state index in [0.29, 0.717) is 5.69 Å². The number of nitrogens with one attached hydrogen (secondary N) is 1. The number of hydrogen-bond acceptors (Lipinski definition) is 5. The quantitative estimate of drug-likeness (QED) is 0.693. The van der Waals surface area contributed by atoms with Crippen LogP contribution in [-0.2, 0) is 6.61 Å². The molecular formula is C12H13FN4O3. The van der Waals surface area contributed by atoms with Crippen LogP contribution in [-0.4, -0.2) is 44.3 Å². The van der Waals surface area contributed by atoms with Gasteiger partial charge in [-0.05, 0) is 24.3 Å². The molecule has 20 heavy (non-hydrogen) atoms. The van der Waals surface area contributed by atoms with Crippen molar-refractivity contribution in [1.82, 2.24) is 20.3 Å². The lowest BCUT2D eigenvalue weighted by Crippen LogP contribution is -2.27. The van der Waals surface area contributed by atoms with Crippen LogP contribution in [0, 0.1) is 5.82 Å². The van der Waals surface area contributed by atoms with Gasteiger partial charge in [-0.25, -0.2) is 4.39 Å². The molecule has 7 nitrogen and oxygen atoms in total. The third-order valence-electron chi connectivity index (χ3n) is 2.50. The van der Waals surface area contributed by atoms with Gasteiger partial charge in [-0.3, -0.25) is 4.79 Å². The van der Waals surface area contributed by atoms with Gasteiger partial charge in [0.15, 0.2) is 5.69 Å². The van der Waals surface area contributed by atoms with Gasteiger partial charge in [-0.2, -0.15) is 4.80 Å². The Kier molecular flexibility index (Phi) is 4.38. The average molecular weight is 280 g/mol. The Hall–Kier alpha value is -2.32. The summed E-state index contributed by atoms with van der Waals surface area (Å²) in [5.74, 6) is -0.944. The van der Waals surface area contributed by atoms with E-state index < -0.39 is 18.3 Å². The Balaban J connectivity index is 2.30. The third kappa shape index (κ3) is 2.98. The van der Waals surface area contributed by atoms with Gasteiger partial charge in [0.05, 0.1) is 18.9 Å². The van der Waals surface area contributed by atoms with Crippen molar-refractivity contribution in [1.29, 1.82) is 0 Å². The maximum Gasteiger partial charge on any atom is 0.273 e. The minimum absolute atomic E-state index is 0.0368. The van der Waals surface area contributed by atoms with Crippen LogP contribution < -0.4 is 5.32 Å². The largest absolute Gasteiger partial charge is 0.395 e. The van der Waals surface area contributed by atoms with Gasteiger partial charge in [0.1, 0.15) is 11.5 Å². The van der Waals surface area contributed by atoms with Crippen LogP contribution in [0.1, 0.15) is 16.2 Å². The van der Waals surface area contributed by atoms with Gasteiger partial charge < -0.3 is 15.5 Å². The smallest absolute Gasteiger partial charge is 0.273 e. The number of aliphatic hydroxyl groups is 2. The number of aliphatic hydroxyl groups excluding tert-OH is 2. The van der Waals surface area contributed by atoms with E-state index in [4.69, 9.17) is 5.11 Å². The van der Waals surface area contributed by atoms with Gasteiger partial charge >= 0.3 is 0 Å². The predicted molar refractivity (Wildman–Crippen MR) is 66.7 cm³/mol. The first-order chi connectivity index (χ1) is 9.65. The molecule has 1 amide bonds. The molecule has 0 unspecified atom stereocenters. The van der Waals surface area contributed by atoms with Crippen molar-refractivity contribution >= 4 is 5.91 Å². The van der Waals surface area contributed by atoms with Crippen molar-refractivity contribution in [3.8, 4) is 5.69 Å². The predicted octanol–water partition coefficient (Wildman–Crippen LogP) is -0.379. The number of rotatable bonds is 5. The topological polar surface area (TPSA) is 100 Å². The SMILES string of the molecule is O=C(NCCO)c1nn(-c2ccc(F)cc2)nc1CO. The Morgan fingerprint density at radius 3 is 2.55 bits per heavy atom. The summed E-state index contributed by atoms with van der Waals surface area (Å²) in [7, 11) is 0. The van der Waals surface area contributed by atoms with Crippen molar-refractivity contribution in [2.24, 2.45) is 0 Å². The molecule has 8 heteroatoms. The van der Waals surface area contributed by atoms with E-state index in [-0.39, 0.29) is 24.5 Å². The minimum atomic E-state index is -0.545. The second kappa shape index (κ2) is 6.22. The number of nitrogens with zero attached hydrogens (tertiary/aromatic N) is 3. The molecule has 0 bridgehead atoms. The van der Waals surface area contributed by atoms with Gasteiger partial charge in [-0.1, -0.05) is 0 Å². The van der Waals surface area contributed by atoms with Gasteiger partial charge in [0.2, 0.25) is 0 Å². The highest BCUT2D eigenvalue weighted by atomic mass is 19.1. The van der Waals surface area contributed by atoms with Crippen LogP contribution in [0.5, 0.6) is 0 Å². The van der Waals surface area contributed by atoms with Crippen LogP contribution >= 0.6 is 0 Å². The molecule has 1 heterocycles. The summed E-state index contributed by atoms with van der Waals surface area (Å²) in [5, 5.41) is 28.2. The molecule has 0 radical (unpaired) electrons. The van der Waals surface area contributed by atoms with Crippen molar-refractivity contribution < 1.29 is 19.4 Å². The highest BCUT2D eigenvalue weighted by molar-refractivity contribution is 5.93. The highest BCUT2D eigenvalue weighted by Gasteiger charge is 2.18. The van der Waals surface area contributed by atoms with Crippen molar-refractivity contribution in [2.45, 2.75) is 6.61 Å². The standard InChI is InChI=1S/C12H13FN4O3/c13-8-1-3-9(4-2-8)17-15-10(7-19)11(16-17)12(20)14-5-6-18/h1-4,18-19H,5-7H2,(H,14,20). The number of aromatic nitrogens is 3. The Morgan fingerprint density at radius 1 is 1.25 bits per heavy atom. The number of carbonyl (C=O) groups excluding carboxylic acids is 1. The Morgan fingerprint density at radius 2 is 1.95 bits per heavy atom. The lowest BCUT2D eigenvalue weighted by atomic mass is 10.3. The van der Waals surface area contributed by atoms with Gasteiger partial charge in [-0.15, -0.1) is 10.2 Å². The van der Waals surface area contributed by atoms with Gasteiger partial charge in [0, 0.05) is 6.54 Å². The van der Waals surface area contributed by atoms with Crippen LogP contribution in [0.2, 0.25) is 0 Å². The van der Waals surface area contributed by atoms with Crippen molar-refractivity contribution in [2.75, 3.05) is 13.2 Å². The van der Waals surface area contributed by atoms with Crippen LogP contribution in [0.4, 0.5) is 4.39 Å². The molecule has 106 valence electrons. The second-order valence-electron chi connectivity index (χ2n) is 3.90. The molecule has 1 aromatic heterocycles. The summed E-state index contributed by atoms with van der Waals surface area (Å²) in [6.07, 6.45) is 0. The van der Waals surface area contributed by atoms with E-state index in [1.165, 1.54) is 24.3 Å². The molecule has 0 spiro atoms. The number of hydrogen-bond donors (Lipinski definition) is 3. The van der Waals surface area contributed by atoms with Crippen LogP contribution in [0.25, 0.3) is 5.69 Å². The van der Waals surface area contributed by atoms with Gasteiger partial charge in [0.25, 0.3) is 5.91 Å². The van der Waals surface area contributed by atoms with E-state index in [1.807, 2.05) is 0 Å². The van der Waals surface area contributed by atoms with E-state index in [9.17, 15) is 14.3 Å². The monoisotopic (exact) mass is 280 g/mol. The third-order valence-corrected chi connectivity index (χ3v) is 2.50. The minimum Gasteiger partial charge on any atom is -0.395 e. The zero-order chi connectivity index (χ0) is 14.5. The fourth-order valence-electron chi connectivity index (χ4n) is 1.56. The molecule has 2 rings (SSSR count). The van der Waals surface area contributed by atoms with E-state index in [1.54, 1.807) is 0 Å². The summed E-state index contributed by atoms with van der Waals surface area (Å²) in [4.78, 5) is 12.9. The normalized spacial score (nSPS) is 10.6. The van der Waals surface area contributed by atoms with Crippen molar-refractivity contribution in [3.05, 3.63) is 41.5 Å². The lowest BCUT2D eigenvalue weighted by Gasteiger charge is -2.00. The summed E-state index contributed by atoms with van der Waals surface area (Å²) in [6.45, 7) is -0.581. The van der Waals surface area contributed by atoms with E-state index in [2.05, 4.69) is 15.5 Å². The number of carbonyl (C=O) groups is 1. The molecular weight excluding hydrogens is 267 g/mol. The van der Waals surface area contributed by atoms with Crippen molar-refractivity contribution in [3.63, 3.8) is 0 Å². The fraction of sp³-hybridized carbons (Fsp3) is 0.250. The number of amides is 1. The molecule has 0 atom stereocenters. The summed E-state index contributed by atoms with van der Waals surface area (Å²) in [5.41, 5.74) is 0.525. The highest BCUT2D eigenvalue weighted by Crippen LogP contribution is 2.10. The molecule has 0 aliphatic carbocycles. The first kappa shape index (κ1) is 14.1. The summed E-state index contributed by atoms with van der Waals surface area (Å²) < 4.78 is 12.8. The first-order valence-corrected chi connectivity index (χ1v) is 5.87. The molecule has 0 fully saturated rings. The molecule has 0 saturated carbocycles. The number of halogens is 1. The summed E-state index contributed by atoms with van der Waals surface area (Å²) in [6, 6.07) is 5.38. The second-order valence-corrected chi connectivity index (χ2v) is 3.90. The first-order valence-electron chi connectivity index (χ1n) is 5.87. The molecule has 0 saturated heterocycles. The molecule has 2 aromatic rings. The number of benzene rings is 1. The van der Waals surface area contributed by atoms with Crippen LogP contribution in [0.15, 0.2) is 24.3 Å². The maximum absolute atomic E-state index is 12.8. The molecule has 1 aromatic carbocycles. The Labute approximate surface area is 113 Å². The zero-order valence-electron chi connectivity index (χ0n) is 10.5. The molecule has 3 N–H and O–H groups in total. The molecule has 0 aliphatic heterocycles. The zero-order valence-corrected chi connectivity index (χ0v) is 10.5. The lowest BCUT2D eigenvalue weighted by molar-refractivity contribution is 0.0936. The van der Waals surface area contributed by atoms with E-state index in [0.717, 1.165) is 4.80 Å². The Bertz CT molecular complexity index is 597. The molecule has 0 aliphatic rings. The van der Waals surface area contributed by atoms with Crippen LogP contribution in [0.3, 0.4) is 0 Å². The summed E-state index contributed by atoms with van der Waals surface area (Å²) >= 11 is 0.